The Morgan fingerprint density at radius 1 is 0.810 bits per heavy atom. The fourth-order valence-corrected chi connectivity index (χ4v) is 2.04. The summed E-state index contributed by atoms with van der Waals surface area (Å²) in [7, 11) is 4.02. The predicted molar refractivity (Wildman–Crippen MR) is 86.7 cm³/mol. The van der Waals surface area contributed by atoms with Crippen LogP contribution in [0.2, 0.25) is 0 Å². The van der Waals surface area contributed by atoms with Gasteiger partial charge >= 0.3 is 0 Å². The molecule has 3 rings (SSSR count). The Kier molecular flexibility index (Phi) is 3.60. The highest BCUT2D eigenvalue weighted by molar-refractivity contribution is 5.79. The molecule has 0 unspecified atom stereocenters. The Labute approximate surface area is 123 Å². The van der Waals surface area contributed by atoms with Crippen molar-refractivity contribution in [2.75, 3.05) is 19.0 Å². The SMILES string of the molecule is CN(C)c1ccc(N=Nc2ccc3ccccc3n2)cc1. The zero-order valence-electron chi connectivity index (χ0n) is 12.1. The first-order valence-electron chi connectivity index (χ1n) is 6.77. The Morgan fingerprint density at radius 3 is 2.33 bits per heavy atom. The average Bonchev–Trinajstić information content (AvgIpc) is 2.53. The van der Waals surface area contributed by atoms with E-state index in [1.54, 1.807) is 0 Å². The summed E-state index contributed by atoms with van der Waals surface area (Å²) in [6.07, 6.45) is 0. The smallest absolute Gasteiger partial charge is 0.174 e. The number of pyridine rings is 1. The fraction of sp³-hybridized carbons (Fsp3) is 0.118. The van der Waals surface area contributed by atoms with Crippen LogP contribution in [0, 0.1) is 0 Å². The first-order valence-corrected chi connectivity index (χ1v) is 6.77. The molecule has 0 aliphatic heterocycles. The van der Waals surface area contributed by atoms with Crippen molar-refractivity contribution in [3.63, 3.8) is 0 Å². The number of aromatic nitrogens is 1. The molecule has 1 heterocycles. The topological polar surface area (TPSA) is 40.9 Å². The van der Waals surface area contributed by atoms with Gasteiger partial charge in [0.25, 0.3) is 0 Å². The zero-order valence-corrected chi connectivity index (χ0v) is 12.1. The molecule has 0 radical (unpaired) electrons. The second-order valence-corrected chi connectivity index (χ2v) is 4.97. The van der Waals surface area contributed by atoms with Crippen molar-refractivity contribution in [3.8, 4) is 0 Å². The normalized spacial score (nSPS) is 11.1. The Bertz CT molecular complexity index is 776. The van der Waals surface area contributed by atoms with Crippen molar-refractivity contribution in [1.29, 1.82) is 0 Å². The van der Waals surface area contributed by atoms with Gasteiger partial charge in [-0.05, 0) is 42.5 Å². The zero-order chi connectivity index (χ0) is 14.7. The molecule has 4 heteroatoms. The lowest BCUT2D eigenvalue weighted by Crippen LogP contribution is -2.07. The first kappa shape index (κ1) is 13.2. The minimum absolute atomic E-state index is 0.616. The molecule has 2 aromatic carbocycles. The standard InChI is InChI=1S/C17H16N4/c1-21(2)15-10-8-14(9-11-15)19-20-17-12-7-13-5-3-4-6-16(13)18-17/h3-12H,1-2H3. The summed E-state index contributed by atoms with van der Waals surface area (Å²) in [4.78, 5) is 6.51. The molecule has 0 aliphatic carbocycles. The van der Waals surface area contributed by atoms with Gasteiger partial charge in [0, 0.05) is 25.2 Å². The maximum Gasteiger partial charge on any atom is 0.174 e. The third-order valence-corrected chi connectivity index (χ3v) is 3.22. The number of nitrogens with zero attached hydrogens (tertiary/aromatic N) is 4. The molecule has 104 valence electrons. The van der Waals surface area contributed by atoms with Crippen LogP contribution >= 0.6 is 0 Å². The highest BCUT2D eigenvalue weighted by Gasteiger charge is 1.97. The number of fused-ring (bicyclic) bond motifs is 1. The predicted octanol–water partition coefficient (Wildman–Crippen LogP) is 4.72. The largest absolute Gasteiger partial charge is 0.378 e. The van der Waals surface area contributed by atoms with Gasteiger partial charge in [-0.1, -0.05) is 18.2 Å². The summed E-state index contributed by atoms with van der Waals surface area (Å²) in [5.74, 6) is 0.616. The van der Waals surface area contributed by atoms with Gasteiger partial charge in [0.05, 0.1) is 11.2 Å². The highest BCUT2D eigenvalue weighted by atomic mass is 15.1. The summed E-state index contributed by atoms with van der Waals surface area (Å²) in [6.45, 7) is 0. The molecule has 0 aliphatic rings. The average molecular weight is 276 g/mol. The lowest BCUT2D eigenvalue weighted by molar-refractivity contribution is 1.13. The second-order valence-electron chi connectivity index (χ2n) is 4.97. The molecular formula is C17H16N4. The van der Waals surface area contributed by atoms with Crippen LogP contribution in [-0.2, 0) is 0 Å². The van der Waals surface area contributed by atoms with Crippen molar-refractivity contribution >= 4 is 28.1 Å². The fourth-order valence-electron chi connectivity index (χ4n) is 2.04. The number of azo groups is 1. The minimum atomic E-state index is 0.616. The van der Waals surface area contributed by atoms with Gasteiger partial charge in [-0.15, -0.1) is 10.2 Å². The van der Waals surface area contributed by atoms with E-state index in [0.29, 0.717) is 5.82 Å². The number of rotatable bonds is 3. The second kappa shape index (κ2) is 5.71. The van der Waals surface area contributed by atoms with Crippen LogP contribution in [0.4, 0.5) is 17.2 Å². The van der Waals surface area contributed by atoms with Gasteiger partial charge in [0.1, 0.15) is 0 Å². The van der Waals surface area contributed by atoms with Crippen molar-refractivity contribution in [2.24, 2.45) is 10.2 Å². The molecule has 4 nitrogen and oxygen atoms in total. The van der Waals surface area contributed by atoms with Crippen molar-refractivity contribution < 1.29 is 0 Å². The monoisotopic (exact) mass is 276 g/mol. The molecule has 0 saturated heterocycles. The van der Waals surface area contributed by atoms with Crippen LogP contribution in [0.3, 0.4) is 0 Å². The van der Waals surface area contributed by atoms with Crippen molar-refractivity contribution in [1.82, 2.24) is 4.98 Å². The molecule has 0 saturated carbocycles. The van der Waals surface area contributed by atoms with Crippen molar-refractivity contribution in [3.05, 3.63) is 60.7 Å². The molecule has 0 atom stereocenters. The Morgan fingerprint density at radius 2 is 1.57 bits per heavy atom. The van der Waals surface area contributed by atoms with E-state index in [2.05, 4.69) is 15.2 Å². The molecule has 0 fully saturated rings. The number of anilines is 1. The molecule has 21 heavy (non-hydrogen) atoms. The van der Waals surface area contributed by atoms with Gasteiger partial charge in [-0.25, -0.2) is 4.98 Å². The number of hydrogen-bond donors (Lipinski definition) is 0. The van der Waals surface area contributed by atoms with Gasteiger partial charge in [-0.2, -0.15) is 0 Å². The van der Waals surface area contributed by atoms with E-state index in [9.17, 15) is 0 Å². The van der Waals surface area contributed by atoms with E-state index in [1.165, 1.54) is 0 Å². The van der Waals surface area contributed by atoms with Crippen LogP contribution in [0.15, 0.2) is 70.9 Å². The number of para-hydroxylation sites is 1. The molecule has 0 bridgehead atoms. The van der Waals surface area contributed by atoms with E-state index in [-0.39, 0.29) is 0 Å². The van der Waals surface area contributed by atoms with E-state index in [4.69, 9.17) is 0 Å². The molecule has 1 aromatic heterocycles. The molecule has 0 spiro atoms. The third-order valence-electron chi connectivity index (χ3n) is 3.22. The van der Waals surface area contributed by atoms with E-state index in [1.807, 2.05) is 79.7 Å². The summed E-state index contributed by atoms with van der Waals surface area (Å²) >= 11 is 0. The van der Waals surface area contributed by atoms with E-state index >= 15 is 0 Å². The maximum atomic E-state index is 4.47. The van der Waals surface area contributed by atoms with Crippen LogP contribution in [0.25, 0.3) is 10.9 Å². The lowest BCUT2D eigenvalue weighted by atomic mass is 10.2. The third kappa shape index (κ3) is 3.05. The van der Waals surface area contributed by atoms with Crippen LogP contribution < -0.4 is 4.90 Å². The highest BCUT2D eigenvalue weighted by Crippen LogP contribution is 2.21. The summed E-state index contributed by atoms with van der Waals surface area (Å²) in [5, 5.41) is 9.53. The minimum Gasteiger partial charge on any atom is -0.378 e. The Hall–Kier alpha value is -2.75. The quantitative estimate of drug-likeness (QED) is 0.650. The molecule has 3 aromatic rings. The summed E-state index contributed by atoms with van der Waals surface area (Å²) < 4.78 is 0. The summed E-state index contributed by atoms with van der Waals surface area (Å²) in [6, 6.07) is 19.8. The Balaban J connectivity index is 1.83. The maximum absolute atomic E-state index is 4.47. The van der Waals surface area contributed by atoms with Crippen LogP contribution in [-0.4, -0.2) is 19.1 Å². The number of hydrogen-bond acceptors (Lipinski definition) is 4. The van der Waals surface area contributed by atoms with E-state index in [0.717, 1.165) is 22.3 Å². The first-order chi connectivity index (χ1) is 10.2. The summed E-state index contributed by atoms with van der Waals surface area (Å²) in [5.41, 5.74) is 2.88. The molecular weight excluding hydrogens is 260 g/mol. The van der Waals surface area contributed by atoms with Gasteiger partial charge in [-0.3, -0.25) is 0 Å². The molecule has 0 amide bonds. The van der Waals surface area contributed by atoms with Crippen LogP contribution in [0.1, 0.15) is 0 Å². The van der Waals surface area contributed by atoms with Gasteiger partial charge in [0.2, 0.25) is 0 Å². The van der Waals surface area contributed by atoms with E-state index < -0.39 is 0 Å². The number of benzene rings is 2. The van der Waals surface area contributed by atoms with Gasteiger partial charge < -0.3 is 4.90 Å². The molecule has 0 N–H and O–H groups in total. The van der Waals surface area contributed by atoms with Gasteiger partial charge in [0.15, 0.2) is 5.82 Å². The van der Waals surface area contributed by atoms with Crippen molar-refractivity contribution in [2.45, 2.75) is 0 Å². The lowest BCUT2D eigenvalue weighted by Gasteiger charge is -2.11. The van der Waals surface area contributed by atoms with Crippen LogP contribution in [0.5, 0.6) is 0 Å².